The van der Waals surface area contributed by atoms with Gasteiger partial charge in [-0.25, -0.2) is 0 Å². The highest BCUT2D eigenvalue weighted by molar-refractivity contribution is 5.71. The highest BCUT2D eigenvalue weighted by Gasteiger charge is 2.19. The molecular weight excluding hydrogens is 973 g/mol. The van der Waals surface area contributed by atoms with Gasteiger partial charge in [-0.3, -0.25) is 14.4 Å². The summed E-state index contributed by atoms with van der Waals surface area (Å²) < 4.78 is 16.9. The van der Waals surface area contributed by atoms with E-state index in [-0.39, 0.29) is 31.1 Å². The lowest BCUT2D eigenvalue weighted by atomic mass is 10.0. The lowest BCUT2D eigenvalue weighted by Gasteiger charge is -2.18. The first-order chi connectivity index (χ1) is 39.0. The highest BCUT2D eigenvalue weighted by atomic mass is 16.6. The Morgan fingerprint density at radius 2 is 0.456 bits per heavy atom. The van der Waals surface area contributed by atoms with Crippen molar-refractivity contribution in [1.29, 1.82) is 0 Å². The minimum Gasteiger partial charge on any atom is -0.462 e. The summed E-state index contributed by atoms with van der Waals surface area (Å²) in [5.41, 5.74) is 0. The molecule has 0 fully saturated rings. The molecule has 6 nitrogen and oxygen atoms in total. The normalized spacial score (nSPS) is 12.2. The van der Waals surface area contributed by atoms with Gasteiger partial charge in [-0.2, -0.15) is 0 Å². The van der Waals surface area contributed by atoms with Crippen molar-refractivity contribution in [3.8, 4) is 0 Å². The quantitative estimate of drug-likeness (QED) is 0.0261. The molecule has 0 spiro atoms. The first-order valence-electron chi connectivity index (χ1n) is 35.5. The van der Waals surface area contributed by atoms with E-state index in [2.05, 4.69) is 57.2 Å². The van der Waals surface area contributed by atoms with Gasteiger partial charge in [0.25, 0.3) is 0 Å². The Hall–Kier alpha value is -2.37. The fraction of sp³-hybridized carbons (Fsp3) is 0.877. The van der Waals surface area contributed by atoms with Gasteiger partial charge in [0.05, 0.1) is 0 Å². The SMILES string of the molecule is CCCCCCC/C=C\C/C=C\CCCCCCCCCCCCCCCCCCCC(=O)OCC(COC(=O)CCCCCCCCCCC)OC(=O)CCCCCCCCCCCCC/C=C\CCCCCCCCCC. The summed E-state index contributed by atoms with van der Waals surface area (Å²) in [6.45, 7) is 6.68. The van der Waals surface area contributed by atoms with Gasteiger partial charge in [-0.15, -0.1) is 0 Å². The molecule has 0 bridgehead atoms. The van der Waals surface area contributed by atoms with Crippen molar-refractivity contribution in [3.63, 3.8) is 0 Å². The standard InChI is InChI=1S/C73H136O6/c1-4-7-10-13-16-19-21-23-25-27-29-31-33-34-35-36-37-38-40-41-43-45-47-49-51-54-57-60-63-66-72(75)78-69-70(68-77-71(74)65-62-59-56-53-18-15-12-9-6-3)79-73(76)67-64-61-58-55-52-50-48-46-44-42-39-32-30-28-26-24-22-20-17-14-11-8-5-2/h21,23,27-30,70H,4-20,22,24-26,31-69H2,1-3H3/b23-21-,29-27-,30-28-. The summed E-state index contributed by atoms with van der Waals surface area (Å²) in [5, 5.41) is 0. The zero-order chi connectivity index (χ0) is 57.1. The Labute approximate surface area is 493 Å². The van der Waals surface area contributed by atoms with E-state index in [0.717, 1.165) is 64.2 Å². The van der Waals surface area contributed by atoms with E-state index >= 15 is 0 Å². The van der Waals surface area contributed by atoms with Crippen molar-refractivity contribution in [1.82, 2.24) is 0 Å². The second-order valence-corrected chi connectivity index (χ2v) is 24.1. The fourth-order valence-corrected chi connectivity index (χ4v) is 10.8. The Balaban J connectivity index is 4.09. The summed E-state index contributed by atoms with van der Waals surface area (Å²) in [4.78, 5) is 38.3. The average Bonchev–Trinajstić information content (AvgIpc) is 3.45. The highest BCUT2D eigenvalue weighted by Crippen LogP contribution is 2.18. The van der Waals surface area contributed by atoms with Gasteiger partial charge < -0.3 is 14.2 Å². The van der Waals surface area contributed by atoms with Crippen LogP contribution in [0.3, 0.4) is 0 Å². The smallest absolute Gasteiger partial charge is 0.306 e. The van der Waals surface area contributed by atoms with E-state index < -0.39 is 6.10 Å². The molecule has 0 aromatic carbocycles. The Morgan fingerprint density at radius 3 is 0.709 bits per heavy atom. The van der Waals surface area contributed by atoms with Crippen LogP contribution in [0, 0.1) is 0 Å². The first kappa shape index (κ1) is 76.6. The van der Waals surface area contributed by atoms with Crippen molar-refractivity contribution in [2.24, 2.45) is 0 Å². The summed E-state index contributed by atoms with van der Waals surface area (Å²) in [6.07, 6.45) is 84.8. The van der Waals surface area contributed by atoms with Crippen LogP contribution in [-0.2, 0) is 28.6 Å². The van der Waals surface area contributed by atoms with Crippen LogP contribution in [0.1, 0.15) is 393 Å². The van der Waals surface area contributed by atoms with Gasteiger partial charge in [0, 0.05) is 19.3 Å². The van der Waals surface area contributed by atoms with Crippen molar-refractivity contribution in [3.05, 3.63) is 36.5 Å². The van der Waals surface area contributed by atoms with E-state index in [1.54, 1.807) is 0 Å². The van der Waals surface area contributed by atoms with Crippen LogP contribution in [0.2, 0.25) is 0 Å². The van der Waals surface area contributed by atoms with Crippen molar-refractivity contribution >= 4 is 17.9 Å². The monoisotopic (exact) mass is 1110 g/mol. The Morgan fingerprint density at radius 1 is 0.253 bits per heavy atom. The van der Waals surface area contributed by atoms with Crippen LogP contribution in [0.4, 0.5) is 0 Å². The summed E-state index contributed by atoms with van der Waals surface area (Å²) in [6, 6.07) is 0. The maximum absolute atomic E-state index is 12.9. The van der Waals surface area contributed by atoms with Gasteiger partial charge in [-0.05, 0) is 77.0 Å². The summed E-state index contributed by atoms with van der Waals surface area (Å²) in [5.74, 6) is -0.843. The number of allylic oxidation sites excluding steroid dienone is 6. The summed E-state index contributed by atoms with van der Waals surface area (Å²) in [7, 11) is 0. The molecule has 6 heteroatoms. The second-order valence-electron chi connectivity index (χ2n) is 24.1. The van der Waals surface area contributed by atoms with Crippen molar-refractivity contribution in [2.45, 2.75) is 399 Å². The largest absolute Gasteiger partial charge is 0.462 e. The maximum atomic E-state index is 12.9. The topological polar surface area (TPSA) is 78.9 Å². The van der Waals surface area contributed by atoms with E-state index in [9.17, 15) is 14.4 Å². The third kappa shape index (κ3) is 66.3. The fourth-order valence-electron chi connectivity index (χ4n) is 10.8. The Bertz CT molecular complexity index is 1320. The zero-order valence-corrected chi connectivity index (χ0v) is 53.4. The molecular formula is C73H136O6. The molecule has 0 radical (unpaired) electrons. The molecule has 0 aliphatic rings. The van der Waals surface area contributed by atoms with Crippen LogP contribution in [0.15, 0.2) is 36.5 Å². The van der Waals surface area contributed by atoms with Crippen LogP contribution in [-0.4, -0.2) is 37.2 Å². The molecule has 0 amide bonds. The first-order valence-corrected chi connectivity index (χ1v) is 35.5. The molecule has 79 heavy (non-hydrogen) atoms. The number of esters is 3. The molecule has 464 valence electrons. The van der Waals surface area contributed by atoms with Gasteiger partial charge in [0.1, 0.15) is 13.2 Å². The number of hydrogen-bond acceptors (Lipinski definition) is 6. The van der Waals surface area contributed by atoms with E-state index in [1.165, 1.54) is 289 Å². The molecule has 0 heterocycles. The molecule has 0 aliphatic carbocycles. The number of ether oxygens (including phenoxy) is 3. The lowest BCUT2D eigenvalue weighted by molar-refractivity contribution is -0.167. The molecule has 0 aromatic rings. The number of hydrogen-bond donors (Lipinski definition) is 0. The van der Waals surface area contributed by atoms with Gasteiger partial charge in [0.2, 0.25) is 0 Å². The van der Waals surface area contributed by atoms with Crippen LogP contribution >= 0.6 is 0 Å². The van der Waals surface area contributed by atoms with Gasteiger partial charge in [0.15, 0.2) is 6.10 Å². The van der Waals surface area contributed by atoms with Gasteiger partial charge in [-0.1, -0.05) is 333 Å². The number of carbonyl (C=O) groups is 3. The van der Waals surface area contributed by atoms with Crippen LogP contribution in [0.25, 0.3) is 0 Å². The van der Waals surface area contributed by atoms with E-state index in [0.29, 0.717) is 19.3 Å². The third-order valence-electron chi connectivity index (χ3n) is 16.1. The average molecular weight is 1110 g/mol. The molecule has 0 saturated heterocycles. The summed E-state index contributed by atoms with van der Waals surface area (Å²) >= 11 is 0. The third-order valence-corrected chi connectivity index (χ3v) is 16.1. The zero-order valence-electron chi connectivity index (χ0n) is 53.4. The van der Waals surface area contributed by atoms with E-state index in [4.69, 9.17) is 14.2 Å². The number of unbranched alkanes of at least 4 members (excludes halogenated alkanes) is 49. The molecule has 0 rings (SSSR count). The minimum absolute atomic E-state index is 0.0668. The van der Waals surface area contributed by atoms with Gasteiger partial charge >= 0.3 is 17.9 Å². The molecule has 0 saturated carbocycles. The van der Waals surface area contributed by atoms with Crippen molar-refractivity contribution < 1.29 is 28.6 Å². The lowest BCUT2D eigenvalue weighted by Crippen LogP contribution is -2.30. The van der Waals surface area contributed by atoms with E-state index in [1.807, 2.05) is 0 Å². The predicted molar refractivity (Wildman–Crippen MR) is 344 cm³/mol. The molecule has 0 N–H and O–H groups in total. The Kier molecular flexibility index (Phi) is 66.1. The predicted octanol–water partition coefficient (Wildman–Crippen LogP) is 24.3. The van der Waals surface area contributed by atoms with Crippen molar-refractivity contribution in [2.75, 3.05) is 13.2 Å². The molecule has 0 aromatic heterocycles. The molecule has 0 aliphatic heterocycles. The number of carbonyl (C=O) groups excluding carboxylic acids is 3. The minimum atomic E-state index is -0.769. The maximum Gasteiger partial charge on any atom is 0.306 e. The number of rotatable bonds is 66. The molecule has 1 unspecified atom stereocenters. The molecule has 1 atom stereocenters. The van der Waals surface area contributed by atoms with Crippen LogP contribution < -0.4 is 0 Å². The second kappa shape index (κ2) is 68.1. The van der Waals surface area contributed by atoms with Crippen LogP contribution in [0.5, 0.6) is 0 Å².